The Bertz CT molecular complexity index is 327. The fourth-order valence-electron chi connectivity index (χ4n) is 0.925. The van der Waals surface area contributed by atoms with Gasteiger partial charge < -0.3 is 23.3 Å². The van der Waals surface area contributed by atoms with E-state index in [0.29, 0.717) is 29.7 Å². The van der Waals surface area contributed by atoms with Gasteiger partial charge in [0.15, 0.2) is 0 Å². The van der Waals surface area contributed by atoms with Crippen molar-refractivity contribution in [3.63, 3.8) is 0 Å². The van der Waals surface area contributed by atoms with E-state index in [0.717, 1.165) is 12.8 Å². The van der Waals surface area contributed by atoms with Crippen molar-refractivity contribution in [1.29, 1.82) is 0 Å². The molecule has 0 amide bonds. The van der Waals surface area contributed by atoms with Gasteiger partial charge in [0, 0.05) is 16.5 Å². The number of alkyl halides is 1. The Morgan fingerprint density at radius 2 is 1.19 bits per heavy atom. The van der Waals surface area contributed by atoms with Gasteiger partial charge in [-0.15, -0.1) is 0 Å². The molecule has 0 spiro atoms. The number of carbonyl (C=O) groups is 2. The molecule has 0 aliphatic rings. The fourth-order valence-corrected chi connectivity index (χ4v) is 1.15. The molecule has 0 aromatic rings. The molecule has 154 valence electrons. The second-order valence-electron chi connectivity index (χ2n) is 3.63. The van der Waals surface area contributed by atoms with Crippen molar-refractivity contribution in [2.24, 2.45) is 0 Å². The fraction of sp³-hybridized carbons (Fsp3) is 0.556. The van der Waals surface area contributed by atoms with Crippen LogP contribution in [0, 0.1) is 13.8 Å². The Kier molecular flexibility index (Phi) is 64.9. The summed E-state index contributed by atoms with van der Waals surface area (Å²) < 4.78 is 9.34. The molecule has 0 rings (SSSR count). The van der Waals surface area contributed by atoms with Gasteiger partial charge in [0.1, 0.15) is 0 Å². The third-order valence-electron chi connectivity index (χ3n) is 1.84. The van der Waals surface area contributed by atoms with E-state index in [1.165, 1.54) is 0 Å². The molecule has 0 saturated heterocycles. The molecule has 0 aliphatic carbocycles. The summed E-state index contributed by atoms with van der Waals surface area (Å²) >= 11 is 9.33. The Labute approximate surface area is 209 Å². The maximum atomic E-state index is 10.8. The van der Waals surface area contributed by atoms with Gasteiger partial charge in [-0.1, -0.05) is 42.4 Å². The van der Waals surface area contributed by atoms with Crippen LogP contribution in [0.1, 0.15) is 47.5 Å². The van der Waals surface area contributed by atoms with Crippen LogP contribution in [0.15, 0.2) is 24.3 Å². The normalized spacial score (nSPS) is 7.04. The minimum atomic E-state index is -0.325. The first kappa shape index (κ1) is 42.3. The summed E-state index contributed by atoms with van der Waals surface area (Å²) in [5.41, 5.74) is 1.03. The minimum Gasteiger partial charge on any atom is -0.346 e. The first-order chi connectivity index (χ1) is 12.4. The molecule has 0 radical (unpaired) electrons. The van der Waals surface area contributed by atoms with E-state index < -0.39 is 0 Å². The molecule has 0 unspecified atom stereocenters. The minimum absolute atomic E-state index is 0. The zero-order valence-corrected chi connectivity index (χ0v) is 28.2. The third-order valence-corrected chi connectivity index (χ3v) is 2.52. The predicted octanol–water partition coefficient (Wildman–Crippen LogP) is 6.77. The third kappa shape index (κ3) is 42.3. The van der Waals surface area contributed by atoms with E-state index in [2.05, 4.69) is 74.9 Å². The topological polar surface area (TPSA) is 52.6 Å². The quantitative estimate of drug-likeness (QED) is 0.0978. The number of halogens is 3. The van der Waals surface area contributed by atoms with Crippen molar-refractivity contribution < 1.29 is 51.7 Å². The summed E-state index contributed by atoms with van der Waals surface area (Å²) in [4.78, 5) is 21.4. The number of carbonyl (C=O) groups excluding carboxylic acids is 2. The summed E-state index contributed by atoms with van der Waals surface area (Å²) in [6, 6.07) is 0. The molecule has 0 saturated carbocycles. The average Bonchev–Trinajstić information content (AvgIpc) is 2.66. The van der Waals surface area contributed by atoms with E-state index in [9.17, 15) is 9.59 Å². The van der Waals surface area contributed by atoms with Crippen LogP contribution in [0.25, 0.3) is 0 Å². The van der Waals surface area contributed by atoms with Gasteiger partial charge in [-0.05, 0) is 20.3 Å². The molecule has 9 heteroatoms. The SMILES string of the molecule is C=C(CBr)C(=O)OCC.C=C(CCC)C(=O)OCC.[Br][Zn][Br].[CH2-]C.[CH2-]C.[Zn+2]. The van der Waals surface area contributed by atoms with Crippen molar-refractivity contribution in [2.45, 2.75) is 47.5 Å². The number of ether oxygens (including phenoxy) is 2. The van der Waals surface area contributed by atoms with Crippen LogP contribution in [0.5, 0.6) is 0 Å². The molecule has 27 heavy (non-hydrogen) atoms. The molecule has 4 nitrogen and oxygen atoms in total. The van der Waals surface area contributed by atoms with Crippen LogP contribution >= 0.6 is 43.2 Å². The van der Waals surface area contributed by atoms with E-state index in [1.807, 2.05) is 6.92 Å². The molecule has 0 atom stereocenters. The van der Waals surface area contributed by atoms with E-state index in [-0.39, 0.29) is 44.6 Å². The van der Waals surface area contributed by atoms with Crippen molar-refractivity contribution in [3.8, 4) is 0 Å². The van der Waals surface area contributed by atoms with E-state index >= 15 is 0 Å². The summed E-state index contributed by atoms with van der Waals surface area (Å²) in [7, 11) is 0. The van der Waals surface area contributed by atoms with Crippen LogP contribution in [-0.2, 0) is 51.7 Å². The van der Waals surface area contributed by atoms with Crippen molar-refractivity contribution in [1.82, 2.24) is 0 Å². The Hall–Kier alpha value is 1.11. The molecule has 0 aromatic carbocycles. The maximum absolute atomic E-state index is 10.8. The molecule has 0 N–H and O–H groups in total. The van der Waals surface area contributed by atoms with Crippen LogP contribution in [0.2, 0.25) is 0 Å². The Balaban J connectivity index is -0.0000000597. The molecule has 0 aromatic heterocycles. The second-order valence-corrected chi connectivity index (χ2v) is 18.3. The van der Waals surface area contributed by atoms with Gasteiger partial charge in [-0.3, -0.25) is 0 Å². The van der Waals surface area contributed by atoms with Crippen molar-refractivity contribution >= 4 is 55.1 Å². The molecule has 0 aliphatic heterocycles. The zero-order chi connectivity index (χ0) is 22.0. The van der Waals surface area contributed by atoms with Gasteiger partial charge >= 0.3 is 71.9 Å². The number of esters is 2. The molecule has 0 heterocycles. The number of hydrogen-bond acceptors (Lipinski definition) is 4. The number of hydrogen-bond donors (Lipinski definition) is 0. The largest absolute Gasteiger partial charge is 2.00 e. The van der Waals surface area contributed by atoms with Gasteiger partial charge in [-0.2, -0.15) is 13.8 Å². The molecule has 0 fully saturated rings. The first-order valence-corrected chi connectivity index (χ1v) is 23.2. The van der Waals surface area contributed by atoms with Crippen LogP contribution in [0.4, 0.5) is 0 Å². The second kappa shape index (κ2) is 41.5. The Morgan fingerprint density at radius 3 is 1.41 bits per heavy atom. The summed E-state index contributed by atoms with van der Waals surface area (Å²) in [5, 5.41) is 0.478. The smallest absolute Gasteiger partial charge is 0.346 e. The number of rotatable bonds is 7. The zero-order valence-electron chi connectivity index (χ0n) is 17.5. The summed E-state index contributed by atoms with van der Waals surface area (Å²) in [6.45, 7) is 23.5. The van der Waals surface area contributed by atoms with Gasteiger partial charge in [0.05, 0.1) is 13.2 Å². The summed E-state index contributed by atoms with van der Waals surface area (Å²) in [5.74, 6) is -0.585. The standard InChI is InChI=1S/C8H14O2.C6H9BrO2.2C2H5.2BrH.2Zn/c1-4-6-7(3)8(9)10-5-2;1-3-9-6(8)5(2)4-7;2*1-2;;;;/h3-6H2,1-2H3;2-4H2,1H3;2*1H2,2H3;2*1H;;/q;;2*-1;;;2*+2/p-2. The van der Waals surface area contributed by atoms with Gasteiger partial charge in [-0.25, -0.2) is 9.59 Å². The van der Waals surface area contributed by atoms with Crippen molar-refractivity contribution in [3.05, 3.63) is 38.2 Å². The van der Waals surface area contributed by atoms with E-state index in [1.54, 1.807) is 27.7 Å². The molecule has 0 bridgehead atoms. The van der Waals surface area contributed by atoms with Gasteiger partial charge in [0.2, 0.25) is 0 Å². The van der Waals surface area contributed by atoms with Gasteiger partial charge in [0.25, 0.3) is 0 Å². The van der Waals surface area contributed by atoms with E-state index in [4.69, 9.17) is 4.74 Å². The predicted molar refractivity (Wildman–Crippen MR) is 120 cm³/mol. The first-order valence-electron chi connectivity index (χ1n) is 8.15. The molecular formula is C18H33Br3O4Zn2. The van der Waals surface area contributed by atoms with Crippen LogP contribution in [0.3, 0.4) is 0 Å². The average molecular weight is 684 g/mol. The van der Waals surface area contributed by atoms with Crippen LogP contribution in [-0.4, -0.2) is 30.5 Å². The Morgan fingerprint density at radius 1 is 0.889 bits per heavy atom. The maximum Gasteiger partial charge on any atom is 2.00 e. The molecular weight excluding hydrogens is 651 g/mol. The monoisotopic (exact) mass is 678 g/mol. The van der Waals surface area contributed by atoms with Crippen LogP contribution < -0.4 is 0 Å². The summed E-state index contributed by atoms with van der Waals surface area (Å²) in [6.07, 6.45) is 1.68. The van der Waals surface area contributed by atoms with Crippen molar-refractivity contribution in [2.75, 3.05) is 18.5 Å².